The summed E-state index contributed by atoms with van der Waals surface area (Å²) in [5, 5.41) is 9.33. The van der Waals surface area contributed by atoms with Crippen LogP contribution in [-0.4, -0.2) is 30.4 Å². The minimum Gasteiger partial charge on any atom is -0.352 e. The summed E-state index contributed by atoms with van der Waals surface area (Å²) < 4.78 is 0.967. The van der Waals surface area contributed by atoms with E-state index in [0.717, 1.165) is 29.4 Å². The van der Waals surface area contributed by atoms with Crippen molar-refractivity contribution < 1.29 is 9.59 Å². The van der Waals surface area contributed by atoms with Gasteiger partial charge in [-0.15, -0.1) is 0 Å². The number of carbonyl (C=O) groups is 2. The summed E-state index contributed by atoms with van der Waals surface area (Å²) in [5.74, 6) is -0.175. The van der Waals surface area contributed by atoms with Gasteiger partial charge in [-0.05, 0) is 44.0 Å². The molecule has 23 heavy (non-hydrogen) atoms. The molecule has 0 aromatic heterocycles. The minimum absolute atomic E-state index is 0.0350. The maximum Gasteiger partial charge on any atom is 0.222 e. The van der Waals surface area contributed by atoms with Crippen LogP contribution in [0.2, 0.25) is 0 Å². The standard InChI is InChI=1S/C17H24BrN3O2/c1-11-15(4-3-9-19-11)21-17(23)10-16(20-12(2)22)13-5-7-14(18)8-6-13/h5-8,11,15-16,19H,3-4,9-10H2,1-2H3,(H,20,22)(H,21,23). The first-order chi connectivity index (χ1) is 11.0. The molecule has 2 amide bonds. The van der Waals surface area contributed by atoms with Crippen molar-refractivity contribution in [3.05, 3.63) is 34.3 Å². The molecule has 3 N–H and O–H groups in total. The highest BCUT2D eigenvalue weighted by atomic mass is 79.9. The third kappa shape index (κ3) is 5.62. The number of rotatable bonds is 5. The largest absolute Gasteiger partial charge is 0.352 e. The SMILES string of the molecule is CC(=O)NC(CC(=O)NC1CCCNC1C)c1ccc(Br)cc1. The van der Waals surface area contributed by atoms with Crippen molar-refractivity contribution in [2.45, 2.75) is 51.2 Å². The molecule has 0 bridgehead atoms. The summed E-state index contributed by atoms with van der Waals surface area (Å²) in [4.78, 5) is 23.8. The lowest BCUT2D eigenvalue weighted by Crippen LogP contribution is -2.52. The topological polar surface area (TPSA) is 70.2 Å². The van der Waals surface area contributed by atoms with Crippen LogP contribution < -0.4 is 16.0 Å². The molecule has 2 rings (SSSR count). The van der Waals surface area contributed by atoms with E-state index >= 15 is 0 Å². The Morgan fingerprint density at radius 2 is 2.04 bits per heavy atom. The van der Waals surface area contributed by atoms with E-state index in [1.165, 1.54) is 6.92 Å². The molecular formula is C17H24BrN3O2. The Bertz CT molecular complexity index is 547. The van der Waals surface area contributed by atoms with E-state index in [0.29, 0.717) is 0 Å². The number of hydrogen-bond donors (Lipinski definition) is 3. The van der Waals surface area contributed by atoms with Crippen molar-refractivity contribution in [3.8, 4) is 0 Å². The molecule has 0 aliphatic carbocycles. The Morgan fingerprint density at radius 3 is 2.65 bits per heavy atom. The number of carbonyl (C=O) groups excluding carboxylic acids is 2. The van der Waals surface area contributed by atoms with Gasteiger partial charge in [0, 0.05) is 23.5 Å². The van der Waals surface area contributed by atoms with E-state index in [9.17, 15) is 9.59 Å². The van der Waals surface area contributed by atoms with Crippen LogP contribution in [0.15, 0.2) is 28.7 Å². The summed E-state index contributed by atoms with van der Waals surface area (Å²) in [5.41, 5.74) is 0.924. The predicted octanol–water partition coefficient (Wildman–Crippen LogP) is 2.27. The third-order valence-corrected chi connectivity index (χ3v) is 4.68. The van der Waals surface area contributed by atoms with E-state index in [1.54, 1.807) is 0 Å². The van der Waals surface area contributed by atoms with Crippen LogP contribution in [-0.2, 0) is 9.59 Å². The first-order valence-corrected chi connectivity index (χ1v) is 8.80. The average molecular weight is 382 g/mol. The van der Waals surface area contributed by atoms with Crippen LogP contribution in [0.3, 0.4) is 0 Å². The van der Waals surface area contributed by atoms with E-state index in [1.807, 2.05) is 24.3 Å². The van der Waals surface area contributed by atoms with Gasteiger partial charge in [0.2, 0.25) is 11.8 Å². The quantitative estimate of drug-likeness (QED) is 0.732. The second-order valence-corrected chi connectivity index (χ2v) is 6.98. The first kappa shape index (κ1) is 17.9. The molecule has 126 valence electrons. The van der Waals surface area contributed by atoms with Gasteiger partial charge in [0.1, 0.15) is 0 Å². The summed E-state index contributed by atoms with van der Waals surface area (Å²) in [6.45, 7) is 4.56. The van der Waals surface area contributed by atoms with Gasteiger partial charge in [-0.1, -0.05) is 28.1 Å². The zero-order valence-electron chi connectivity index (χ0n) is 13.6. The predicted molar refractivity (Wildman–Crippen MR) is 93.9 cm³/mol. The summed E-state index contributed by atoms with van der Waals surface area (Å²) in [6.07, 6.45) is 2.30. The van der Waals surface area contributed by atoms with Crippen LogP contribution in [0.1, 0.15) is 44.7 Å². The van der Waals surface area contributed by atoms with Crippen molar-refractivity contribution in [3.63, 3.8) is 0 Å². The van der Waals surface area contributed by atoms with Crippen LogP contribution in [0.5, 0.6) is 0 Å². The fourth-order valence-electron chi connectivity index (χ4n) is 2.88. The van der Waals surface area contributed by atoms with Gasteiger partial charge >= 0.3 is 0 Å². The maximum atomic E-state index is 12.4. The molecular weight excluding hydrogens is 358 g/mol. The van der Waals surface area contributed by atoms with Crippen molar-refractivity contribution in [1.29, 1.82) is 0 Å². The van der Waals surface area contributed by atoms with Crippen LogP contribution >= 0.6 is 15.9 Å². The Morgan fingerprint density at radius 1 is 1.35 bits per heavy atom. The molecule has 0 saturated carbocycles. The van der Waals surface area contributed by atoms with Gasteiger partial charge in [0.15, 0.2) is 0 Å². The normalized spacial score (nSPS) is 22.2. The lowest BCUT2D eigenvalue weighted by molar-refractivity contribution is -0.123. The number of hydrogen-bond acceptors (Lipinski definition) is 3. The molecule has 1 aliphatic heterocycles. The van der Waals surface area contributed by atoms with E-state index in [4.69, 9.17) is 0 Å². The van der Waals surface area contributed by atoms with Crippen LogP contribution in [0.25, 0.3) is 0 Å². The molecule has 0 radical (unpaired) electrons. The number of nitrogens with one attached hydrogen (secondary N) is 3. The maximum absolute atomic E-state index is 12.4. The highest BCUT2D eigenvalue weighted by molar-refractivity contribution is 9.10. The molecule has 1 fully saturated rings. The van der Waals surface area contributed by atoms with Crippen LogP contribution in [0, 0.1) is 0 Å². The Kier molecular flexibility index (Phi) is 6.59. The van der Waals surface area contributed by atoms with Gasteiger partial charge in [-0.25, -0.2) is 0 Å². The lowest BCUT2D eigenvalue weighted by atomic mass is 9.98. The number of benzene rings is 1. The number of piperidine rings is 1. The minimum atomic E-state index is -0.313. The second-order valence-electron chi connectivity index (χ2n) is 6.07. The molecule has 5 nitrogen and oxygen atoms in total. The van der Waals surface area contributed by atoms with Crippen molar-refractivity contribution in [2.75, 3.05) is 6.54 Å². The van der Waals surface area contributed by atoms with Gasteiger partial charge in [-0.3, -0.25) is 9.59 Å². The molecule has 3 unspecified atom stereocenters. The van der Waals surface area contributed by atoms with Crippen molar-refractivity contribution in [2.24, 2.45) is 0 Å². The van der Waals surface area contributed by atoms with Gasteiger partial charge in [-0.2, -0.15) is 0 Å². The molecule has 1 heterocycles. The smallest absolute Gasteiger partial charge is 0.222 e. The summed E-state index contributed by atoms with van der Waals surface area (Å²) in [6, 6.07) is 7.78. The monoisotopic (exact) mass is 381 g/mol. The molecule has 0 spiro atoms. The van der Waals surface area contributed by atoms with Crippen molar-refractivity contribution >= 4 is 27.7 Å². The fourth-order valence-corrected chi connectivity index (χ4v) is 3.15. The highest BCUT2D eigenvalue weighted by Gasteiger charge is 2.24. The molecule has 3 atom stereocenters. The second kappa shape index (κ2) is 8.45. The average Bonchev–Trinajstić information content (AvgIpc) is 2.49. The van der Waals surface area contributed by atoms with Gasteiger partial charge in [0.05, 0.1) is 12.5 Å². The molecule has 1 saturated heterocycles. The highest BCUT2D eigenvalue weighted by Crippen LogP contribution is 2.20. The van der Waals surface area contributed by atoms with Crippen LogP contribution in [0.4, 0.5) is 0 Å². The first-order valence-electron chi connectivity index (χ1n) is 8.01. The zero-order valence-corrected chi connectivity index (χ0v) is 15.2. The molecule has 1 aromatic carbocycles. The van der Waals surface area contributed by atoms with E-state index < -0.39 is 0 Å². The zero-order chi connectivity index (χ0) is 16.8. The fraction of sp³-hybridized carbons (Fsp3) is 0.529. The lowest BCUT2D eigenvalue weighted by Gasteiger charge is -2.31. The van der Waals surface area contributed by atoms with Gasteiger partial charge in [0.25, 0.3) is 0 Å². The number of amides is 2. The summed E-state index contributed by atoms with van der Waals surface area (Å²) >= 11 is 3.40. The molecule has 1 aromatic rings. The van der Waals surface area contributed by atoms with Crippen molar-refractivity contribution in [1.82, 2.24) is 16.0 Å². The van der Waals surface area contributed by atoms with E-state index in [-0.39, 0.29) is 36.4 Å². The van der Waals surface area contributed by atoms with E-state index in [2.05, 4.69) is 38.8 Å². The number of halogens is 1. The molecule has 6 heteroatoms. The molecule has 1 aliphatic rings. The Labute approximate surface area is 145 Å². The third-order valence-electron chi connectivity index (χ3n) is 4.15. The Balaban J connectivity index is 2.00. The Hall–Kier alpha value is -1.40. The van der Waals surface area contributed by atoms with Gasteiger partial charge < -0.3 is 16.0 Å². The summed E-state index contributed by atoms with van der Waals surface area (Å²) in [7, 11) is 0.